The topological polar surface area (TPSA) is 56.7 Å². The van der Waals surface area contributed by atoms with Crippen molar-refractivity contribution >= 4 is 70.4 Å². The van der Waals surface area contributed by atoms with Crippen molar-refractivity contribution in [1.29, 1.82) is 0 Å². The van der Waals surface area contributed by atoms with Gasteiger partial charge in [0.15, 0.2) is 17.5 Å². The molecule has 0 N–H and O–H groups in total. The van der Waals surface area contributed by atoms with Crippen molar-refractivity contribution in [3.63, 3.8) is 0 Å². The minimum atomic E-state index is 0.651. The van der Waals surface area contributed by atoms with Crippen LogP contribution in [0.5, 0.6) is 0 Å². The number of benzene rings is 7. The number of allylic oxidation sites excluding steroid dienone is 1. The predicted molar refractivity (Wildman–Crippen MR) is 236 cm³/mol. The first-order valence-corrected chi connectivity index (χ1v) is 20.1. The number of para-hydroxylation sites is 1. The summed E-state index contributed by atoms with van der Waals surface area (Å²) in [6.45, 7) is 0. The van der Waals surface area contributed by atoms with E-state index in [4.69, 9.17) is 19.4 Å². The highest BCUT2D eigenvalue weighted by Gasteiger charge is 2.21. The molecule has 5 nitrogen and oxygen atoms in total. The summed E-state index contributed by atoms with van der Waals surface area (Å²) in [5.74, 6) is 1.96. The van der Waals surface area contributed by atoms with Gasteiger partial charge < -0.3 is 8.98 Å². The monoisotopic (exact) mass is 748 g/mol. The molecule has 4 heterocycles. The van der Waals surface area contributed by atoms with Gasteiger partial charge in [-0.2, -0.15) is 0 Å². The molecular weight excluding hydrogens is 717 g/mol. The lowest BCUT2D eigenvalue weighted by atomic mass is 9.96. The Morgan fingerprint density at radius 1 is 0.509 bits per heavy atom. The number of thiophene rings is 1. The molecular formula is C51H32N4OS. The zero-order valence-electron chi connectivity index (χ0n) is 30.7. The number of rotatable bonds is 5. The van der Waals surface area contributed by atoms with Gasteiger partial charge in [0.1, 0.15) is 11.2 Å². The second-order valence-electron chi connectivity index (χ2n) is 14.6. The summed E-state index contributed by atoms with van der Waals surface area (Å²) >= 11 is 1.80. The molecule has 0 amide bonds. The number of hydrogen-bond acceptors (Lipinski definition) is 5. The molecule has 0 atom stereocenters. The Balaban J connectivity index is 1.03. The number of fused-ring (bicyclic) bond motifs is 9. The highest BCUT2D eigenvalue weighted by molar-refractivity contribution is 7.26. The molecule has 0 fully saturated rings. The van der Waals surface area contributed by atoms with Crippen LogP contribution >= 0.6 is 11.3 Å². The van der Waals surface area contributed by atoms with Crippen LogP contribution in [0, 0.1) is 0 Å². The molecule has 0 saturated carbocycles. The zero-order chi connectivity index (χ0) is 37.5. The molecule has 0 unspecified atom stereocenters. The van der Waals surface area contributed by atoms with Gasteiger partial charge in [-0.15, -0.1) is 11.3 Å². The SMILES string of the molecule is C1=Cc2c(n(-c3ccc4c(c3)oc3ccc(-c5cccc6sc7cccc(-c8nc(-c9ccccc9)nc(-c9ccccc9)n8)c7c56)cc34)c3ccccc23)CC1. The average Bonchev–Trinajstić information content (AvgIpc) is 3.96. The first-order valence-electron chi connectivity index (χ1n) is 19.3. The van der Waals surface area contributed by atoms with Crippen molar-refractivity contribution in [3.05, 3.63) is 175 Å². The zero-order valence-corrected chi connectivity index (χ0v) is 31.5. The van der Waals surface area contributed by atoms with Crippen molar-refractivity contribution in [3.8, 4) is 51.0 Å². The van der Waals surface area contributed by atoms with E-state index < -0.39 is 0 Å². The van der Waals surface area contributed by atoms with Crippen molar-refractivity contribution < 1.29 is 4.42 Å². The fraction of sp³-hybridized carbons (Fsp3) is 0.0392. The molecule has 4 aromatic heterocycles. The summed E-state index contributed by atoms with van der Waals surface area (Å²) in [7, 11) is 0. The normalized spacial score (nSPS) is 12.7. The molecule has 1 aliphatic carbocycles. The molecule has 12 rings (SSSR count). The van der Waals surface area contributed by atoms with Gasteiger partial charge in [0.25, 0.3) is 0 Å². The smallest absolute Gasteiger partial charge is 0.164 e. The Labute approximate surface area is 331 Å². The van der Waals surface area contributed by atoms with Crippen molar-refractivity contribution in [2.45, 2.75) is 12.8 Å². The minimum Gasteiger partial charge on any atom is -0.456 e. The molecule has 6 heteroatoms. The first kappa shape index (κ1) is 32.1. The van der Waals surface area contributed by atoms with E-state index in [1.54, 1.807) is 11.3 Å². The fourth-order valence-corrected chi connectivity index (χ4v) is 9.92. The Morgan fingerprint density at radius 3 is 1.96 bits per heavy atom. The Bertz CT molecular complexity index is 3350. The van der Waals surface area contributed by atoms with E-state index in [1.807, 2.05) is 36.4 Å². The third-order valence-electron chi connectivity index (χ3n) is 11.3. The molecule has 7 aromatic carbocycles. The van der Waals surface area contributed by atoms with Gasteiger partial charge in [-0.05, 0) is 66.4 Å². The average molecular weight is 749 g/mol. The first-order chi connectivity index (χ1) is 28.2. The molecule has 0 aliphatic heterocycles. The van der Waals surface area contributed by atoms with Crippen LogP contribution < -0.4 is 0 Å². The highest BCUT2D eigenvalue weighted by atomic mass is 32.1. The molecule has 0 saturated heterocycles. The third kappa shape index (κ3) is 5.11. The number of hydrogen-bond donors (Lipinski definition) is 0. The van der Waals surface area contributed by atoms with Gasteiger partial charge in [0.05, 0.1) is 5.52 Å². The lowest BCUT2D eigenvalue weighted by Crippen LogP contribution is -2.02. The van der Waals surface area contributed by atoms with Crippen LogP contribution in [-0.4, -0.2) is 19.5 Å². The van der Waals surface area contributed by atoms with Crippen LogP contribution in [0.1, 0.15) is 17.7 Å². The van der Waals surface area contributed by atoms with Crippen molar-refractivity contribution in [2.75, 3.05) is 0 Å². The summed E-state index contributed by atoms with van der Waals surface area (Å²) in [6.07, 6.45) is 6.64. The summed E-state index contributed by atoms with van der Waals surface area (Å²) in [6, 6.07) is 55.4. The van der Waals surface area contributed by atoms with Gasteiger partial charge in [-0.3, -0.25) is 0 Å². The maximum Gasteiger partial charge on any atom is 0.164 e. The number of nitrogens with zero attached hydrogens (tertiary/aromatic N) is 4. The van der Waals surface area contributed by atoms with E-state index in [2.05, 4.69) is 138 Å². The quantitative estimate of drug-likeness (QED) is 0.176. The lowest BCUT2D eigenvalue weighted by Gasteiger charge is -2.13. The van der Waals surface area contributed by atoms with Crippen LogP contribution in [-0.2, 0) is 6.42 Å². The Morgan fingerprint density at radius 2 is 1.19 bits per heavy atom. The van der Waals surface area contributed by atoms with Crippen LogP contribution in [0.15, 0.2) is 168 Å². The Kier molecular flexibility index (Phi) is 7.16. The third-order valence-corrected chi connectivity index (χ3v) is 12.5. The van der Waals surface area contributed by atoms with E-state index >= 15 is 0 Å². The summed E-state index contributed by atoms with van der Waals surface area (Å²) in [5.41, 5.74) is 12.0. The van der Waals surface area contributed by atoms with E-state index in [9.17, 15) is 0 Å². The minimum absolute atomic E-state index is 0.651. The maximum absolute atomic E-state index is 6.61. The predicted octanol–water partition coefficient (Wildman–Crippen LogP) is 13.7. The summed E-state index contributed by atoms with van der Waals surface area (Å²) in [4.78, 5) is 15.2. The van der Waals surface area contributed by atoms with Gasteiger partial charge >= 0.3 is 0 Å². The Hall–Kier alpha value is -7.15. The largest absolute Gasteiger partial charge is 0.456 e. The molecule has 0 spiro atoms. The van der Waals surface area contributed by atoms with Gasteiger partial charge in [0.2, 0.25) is 0 Å². The number of furan rings is 1. The standard InChI is InChI=1S/C51H32N4OS/c1-3-13-31(14-4-1)49-52-50(32-15-5-2-6-16-32)54-51(53-49)39-20-12-24-46-48(39)47-35(19-11-23-45(47)57-46)33-25-28-43-40(29-33)38-27-26-34(30-44(38)56-43)55-41-21-9-7-17-36(41)37-18-8-10-22-42(37)55/h1-9,11-21,23-30H,10,22H2. The summed E-state index contributed by atoms with van der Waals surface area (Å²) < 4.78 is 11.4. The van der Waals surface area contributed by atoms with Crippen LogP contribution in [0.2, 0.25) is 0 Å². The van der Waals surface area contributed by atoms with Gasteiger partial charge in [-0.1, -0.05) is 121 Å². The lowest BCUT2D eigenvalue weighted by molar-refractivity contribution is 0.668. The van der Waals surface area contributed by atoms with E-state index in [-0.39, 0.29) is 0 Å². The van der Waals surface area contributed by atoms with Crippen molar-refractivity contribution in [2.24, 2.45) is 0 Å². The van der Waals surface area contributed by atoms with Crippen LogP contribution in [0.25, 0.3) is 110 Å². The molecule has 0 bridgehead atoms. The molecule has 11 aromatic rings. The second-order valence-corrected chi connectivity index (χ2v) is 15.7. The molecule has 57 heavy (non-hydrogen) atoms. The van der Waals surface area contributed by atoms with Gasteiger partial charge in [0, 0.05) is 76.0 Å². The summed E-state index contributed by atoms with van der Waals surface area (Å²) in [5, 5.41) is 5.85. The van der Waals surface area contributed by atoms with E-state index in [1.165, 1.54) is 36.9 Å². The maximum atomic E-state index is 6.61. The molecule has 1 aliphatic rings. The van der Waals surface area contributed by atoms with Crippen molar-refractivity contribution in [1.82, 2.24) is 19.5 Å². The van der Waals surface area contributed by atoms with Gasteiger partial charge in [-0.25, -0.2) is 15.0 Å². The highest BCUT2D eigenvalue weighted by Crippen LogP contribution is 2.45. The number of aromatic nitrogens is 4. The van der Waals surface area contributed by atoms with Crippen LogP contribution in [0.4, 0.5) is 0 Å². The molecule has 0 radical (unpaired) electrons. The van der Waals surface area contributed by atoms with Crippen LogP contribution in [0.3, 0.4) is 0 Å². The van der Waals surface area contributed by atoms with E-state index in [0.717, 1.165) is 73.7 Å². The fourth-order valence-electron chi connectivity index (χ4n) is 8.76. The molecule has 268 valence electrons. The van der Waals surface area contributed by atoms with E-state index in [0.29, 0.717) is 17.5 Å². The second kappa shape index (κ2) is 12.7.